The predicted octanol–water partition coefficient (Wildman–Crippen LogP) is 3.26. The molecule has 1 aromatic carbocycles. The molecule has 3 heteroatoms. The fraction of sp³-hybridized carbons (Fsp3) is 0.467. The number of Topliss-reactive ketones (excluding diaryl/α,β-unsaturated/α-hetero) is 1. The van der Waals surface area contributed by atoms with Crippen LogP contribution in [0.3, 0.4) is 0 Å². The van der Waals surface area contributed by atoms with E-state index < -0.39 is 0 Å². The Kier molecular flexibility index (Phi) is 4.13. The van der Waals surface area contributed by atoms with E-state index in [9.17, 15) is 4.79 Å². The van der Waals surface area contributed by atoms with Crippen LogP contribution < -0.4 is 0 Å². The van der Waals surface area contributed by atoms with Gasteiger partial charge in [-0.25, -0.2) is 0 Å². The number of benzene rings is 1. The number of carbonyl (C=O) groups excluding carboxylic acids is 1. The lowest BCUT2D eigenvalue weighted by Gasteiger charge is -2.25. The van der Waals surface area contributed by atoms with Crippen LogP contribution in [-0.4, -0.2) is 16.7 Å². The fourth-order valence-corrected chi connectivity index (χ4v) is 2.56. The molecule has 1 saturated carbocycles. The van der Waals surface area contributed by atoms with Gasteiger partial charge >= 0.3 is 0 Å². The molecule has 0 saturated heterocycles. The van der Waals surface area contributed by atoms with Crippen LogP contribution in [-0.2, 0) is 4.79 Å². The molecule has 1 aromatic rings. The molecule has 1 aliphatic rings. The van der Waals surface area contributed by atoms with Crippen molar-refractivity contribution in [3.8, 4) is 0 Å². The minimum Gasteiger partial charge on any atom is -0.411 e. The van der Waals surface area contributed by atoms with Gasteiger partial charge in [0.1, 0.15) is 5.78 Å². The van der Waals surface area contributed by atoms with Crippen molar-refractivity contribution >= 4 is 11.5 Å². The normalized spacial score (nSPS) is 25.2. The largest absolute Gasteiger partial charge is 0.411 e. The molecule has 0 radical (unpaired) electrons. The van der Waals surface area contributed by atoms with Gasteiger partial charge in [-0.1, -0.05) is 42.4 Å². The number of rotatable bonds is 3. The maximum Gasteiger partial charge on any atom is 0.136 e. The van der Waals surface area contributed by atoms with Gasteiger partial charge in [-0.05, 0) is 24.3 Å². The number of hydrogen-bond acceptors (Lipinski definition) is 3. The van der Waals surface area contributed by atoms with Gasteiger partial charge in [0.05, 0.1) is 5.71 Å². The summed E-state index contributed by atoms with van der Waals surface area (Å²) in [5.74, 6) is 0.832. The fourth-order valence-electron chi connectivity index (χ4n) is 2.56. The Hall–Kier alpha value is -1.64. The molecule has 2 atom stereocenters. The summed E-state index contributed by atoms with van der Waals surface area (Å²) in [6.07, 6.45) is 3.21. The third-order valence-corrected chi connectivity index (χ3v) is 3.68. The van der Waals surface area contributed by atoms with Crippen molar-refractivity contribution in [2.24, 2.45) is 17.0 Å². The third kappa shape index (κ3) is 2.97. The molecule has 0 spiro atoms. The summed E-state index contributed by atoms with van der Waals surface area (Å²) in [7, 11) is 0. The Morgan fingerprint density at radius 1 is 1.33 bits per heavy atom. The second kappa shape index (κ2) is 5.80. The third-order valence-electron chi connectivity index (χ3n) is 3.68. The Balaban J connectivity index is 2.06. The molecular weight excluding hydrogens is 226 g/mol. The van der Waals surface area contributed by atoms with E-state index in [0.29, 0.717) is 30.3 Å². The summed E-state index contributed by atoms with van der Waals surface area (Å²) in [6, 6.07) is 9.55. The van der Waals surface area contributed by atoms with Crippen molar-refractivity contribution in [2.75, 3.05) is 0 Å². The van der Waals surface area contributed by atoms with Crippen molar-refractivity contribution in [1.29, 1.82) is 0 Å². The van der Waals surface area contributed by atoms with Crippen molar-refractivity contribution in [2.45, 2.75) is 32.6 Å². The minimum atomic E-state index is 0.0207. The van der Waals surface area contributed by atoms with E-state index in [1.165, 1.54) is 0 Å². The van der Waals surface area contributed by atoms with Gasteiger partial charge in [-0.2, -0.15) is 0 Å². The average molecular weight is 245 g/mol. The first-order valence-electron chi connectivity index (χ1n) is 6.49. The average Bonchev–Trinajstić information content (AvgIpc) is 2.39. The van der Waals surface area contributed by atoms with Gasteiger partial charge in [0.2, 0.25) is 0 Å². The highest BCUT2D eigenvalue weighted by Gasteiger charge is 2.27. The zero-order valence-corrected chi connectivity index (χ0v) is 10.7. The maximum atomic E-state index is 12.0. The lowest BCUT2D eigenvalue weighted by molar-refractivity contribution is -0.125. The van der Waals surface area contributed by atoms with E-state index in [4.69, 9.17) is 5.21 Å². The minimum absolute atomic E-state index is 0.0207. The quantitative estimate of drug-likeness (QED) is 0.505. The van der Waals surface area contributed by atoms with E-state index in [1.54, 1.807) is 0 Å². The first-order valence-corrected chi connectivity index (χ1v) is 6.49. The van der Waals surface area contributed by atoms with Gasteiger partial charge in [-0.3, -0.25) is 4.79 Å². The van der Waals surface area contributed by atoms with E-state index in [-0.39, 0.29) is 5.92 Å². The van der Waals surface area contributed by atoms with Gasteiger partial charge in [0, 0.05) is 18.8 Å². The Bertz CT molecular complexity index is 439. The Morgan fingerprint density at radius 2 is 2.06 bits per heavy atom. The van der Waals surface area contributed by atoms with Crippen molar-refractivity contribution in [3.05, 3.63) is 35.9 Å². The second-order valence-corrected chi connectivity index (χ2v) is 5.17. The molecule has 2 unspecified atom stereocenters. The number of oxime groups is 1. The molecule has 1 N–H and O–H groups in total. The van der Waals surface area contributed by atoms with Crippen LogP contribution in [0.15, 0.2) is 35.5 Å². The van der Waals surface area contributed by atoms with Gasteiger partial charge in [-0.15, -0.1) is 0 Å². The van der Waals surface area contributed by atoms with E-state index in [2.05, 4.69) is 12.1 Å². The molecule has 1 aliphatic carbocycles. The topological polar surface area (TPSA) is 49.7 Å². The van der Waals surface area contributed by atoms with Crippen molar-refractivity contribution in [3.63, 3.8) is 0 Å². The lowest BCUT2D eigenvalue weighted by atomic mass is 9.79. The first-order chi connectivity index (χ1) is 8.70. The highest BCUT2D eigenvalue weighted by atomic mass is 16.4. The van der Waals surface area contributed by atoms with Gasteiger partial charge < -0.3 is 5.21 Å². The second-order valence-electron chi connectivity index (χ2n) is 5.17. The summed E-state index contributed by atoms with van der Waals surface area (Å²) in [6.45, 7) is 2.12. The summed E-state index contributed by atoms with van der Waals surface area (Å²) in [4.78, 5) is 12.0. The van der Waals surface area contributed by atoms with Crippen molar-refractivity contribution < 1.29 is 10.0 Å². The molecule has 0 aliphatic heterocycles. The van der Waals surface area contributed by atoms with E-state index in [1.807, 2.05) is 30.3 Å². The molecule has 3 nitrogen and oxygen atoms in total. The monoisotopic (exact) mass is 245 g/mol. The zero-order chi connectivity index (χ0) is 13.0. The van der Waals surface area contributed by atoms with Crippen LogP contribution in [0.4, 0.5) is 0 Å². The molecule has 0 heterocycles. The molecule has 2 rings (SSSR count). The van der Waals surface area contributed by atoms with Crippen molar-refractivity contribution in [1.82, 2.24) is 0 Å². The van der Waals surface area contributed by atoms with E-state index in [0.717, 1.165) is 18.4 Å². The molecular formula is C15H19NO2. The number of nitrogens with zero attached hydrogens (tertiary/aromatic N) is 1. The SMILES string of the molecule is CC1CCC(CC(=NO)c2ccccc2)C(=O)C1. The summed E-state index contributed by atoms with van der Waals surface area (Å²) in [5.41, 5.74) is 1.51. The number of hydrogen-bond donors (Lipinski definition) is 1. The highest BCUT2D eigenvalue weighted by molar-refractivity contribution is 6.02. The first kappa shape index (κ1) is 12.8. The summed E-state index contributed by atoms with van der Waals surface area (Å²) in [5, 5.41) is 12.5. The van der Waals surface area contributed by atoms with Crippen LogP contribution in [0.2, 0.25) is 0 Å². The Labute approximate surface area is 108 Å². The molecule has 0 amide bonds. The smallest absolute Gasteiger partial charge is 0.136 e. The standard InChI is InChI=1S/C15H19NO2/c1-11-7-8-13(15(17)9-11)10-14(16-18)12-5-3-2-4-6-12/h2-6,11,13,18H,7-10H2,1H3. The van der Waals surface area contributed by atoms with Crippen LogP contribution in [0.1, 0.15) is 38.2 Å². The molecule has 0 aromatic heterocycles. The summed E-state index contributed by atoms with van der Waals surface area (Å²) >= 11 is 0. The maximum absolute atomic E-state index is 12.0. The van der Waals surface area contributed by atoms with Crippen LogP contribution >= 0.6 is 0 Å². The van der Waals surface area contributed by atoms with Crippen LogP contribution in [0.5, 0.6) is 0 Å². The molecule has 1 fully saturated rings. The lowest BCUT2D eigenvalue weighted by Crippen LogP contribution is -2.26. The van der Waals surface area contributed by atoms with Crippen LogP contribution in [0, 0.1) is 11.8 Å². The summed E-state index contributed by atoms with van der Waals surface area (Å²) < 4.78 is 0. The number of carbonyl (C=O) groups is 1. The molecule has 0 bridgehead atoms. The number of ketones is 1. The predicted molar refractivity (Wildman–Crippen MR) is 70.9 cm³/mol. The highest BCUT2D eigenvalue weighted by Crippen LogP contribution is 2.28. The van der Waals surface area contributed by atoms with Crippen LogP contribution in [0.25, 0.3) is 0 Å². The zero-order valence-electron chi connectivity index (χ0n) is 10.7. The van der Waals surface area contributed by atoms with Gasteiger partial charge in [0.15, 0.2) is 0 Å². The molecule has 18 heavy (non-hydrogen) atoms. The Morgan fingerprint density at radius 3 is 2.67 bits per heavy atom. The van der Waals surface area contributed by atoms with Gasteiger partial charge in [0.25, 0.3) is 0 Å². The van der Waals surface area contributed by atoms with E-state index >= 15 is 0 Å². The molecule has 96 valence electrons.